The van der Waals surface area contributed by atoms with Crippen LogP contribution in [0.2, 0.25) is 0 Å². The van der Waals surface area contributed by atoms with Crippen LogP contribution < -0.4 is 0 Å². The molecule has 2 nitrogen and oxygen atoms in total. The summed E-state index contributed by atoms with van der Waals surface area (Å²) in [5.74, 6) is -2.75. The van der Waals surface area contributed by atoms with Gasteiger partial charge >= 0.3 is 5.92 Å². The zero-order valence-electron chi connectivity index (χ0n) is 15.8. The fourth-order valence-corrected chi connectivity index (χ4v) is 2.82. The molecule has 0 radical (unpaired) electrons. The lowest BCUT2D eigenvalue weighted by Gasteiger charge is -2.24. The van der Waals surface area contributed by atoms with Gasteiger partial charge < -0.3 is 4.74 Å². The number of alkyl halides is 2. The molecule has 0 amide bonds. The van der Waals surface area contributed by atoms with Gasteiger partial charge in [-0.1, -0.05) is 33.6 Å². The third-order valence-corrected chi connectivity index (χ3v) is 4.47. The number of hydrogen-bond donors (Lipinski definition) is 0. The van der Waals surface area contributed by atoms with Crippen LogP contribution in [0, 0.1) is 22.8 Å². The van der Waals surface area contributed by atoms with Crippen LogP contribution >= 0.6 is 30.1 Å². The van der Waals surface area contributed by atoms with E-state index in [9.17, 15) is 17.6 Å². The van der Waals surface area contributed by atoms with Gasteiger partial charge in [-0.05, 0) is 38.5 Å². The van der Waals surface area contributed by atoms with E-state index in [2.05, 4.69) is 16.2 Å². The highest BCUT2D eigenvalue weighted by Gasteiger charge is 2.68. The molecule has 152 valence electrons. The largest absolute Gasteiger partial charge is 0.357 e. The minimum Gasteiger partial charge on any atom is -0.357 e. The summed E-state index contributed by atoms with van der Waals surface area (Å²) in [5.41, 5.74) is -2.63. The van der Waals surface area contributed by atoms with E-state index in [-0.39, 0.29) is 12.2 Å². The summed E-state index contributed by atoms with van der Waals surface area (Å²) in [4.78, 5) is 3.74. The molecule has 1 aromatic heterocycles. The molecule has 1 unspecified atom stereocenters. The highest BCUT2D eigenvalue weighted by Crippen LogP contribution is 2.56. The van der Waals surface area contributed by atoms with Crippen LogP contribution in [0.5, 0.6) is 0 Å². The van der Waals surface area contributed by atoms with Crippen molar-refractivity contribution in [1.82, 2.24) is 4.98 Å². The molecule has 1 aromatic carbocycles. The predicted octanol–water partition coefficient (Wildman–Crippen LogP) is 6.82. The molecular weight excluding hydrogens is 505 g/mol. The summed E-state index contributed by atoms with van der Waals surface area (Å²) in [6.07, 6.45) is 1.22. The van der Waals surface area contributed by atoms with Gasteiger partial charge in [0.25, 0.3) is 0 Å². The van der Waals surface area contributed by atoms with E-state index in [1.807, 2.05) is 48.9 Å². The third kappa shape index (κ3) is 5.19. The number of pyridine rings is 1. The first-order valence-electron chi connectivity index (χ1n) is 8.63. The zero-order chi connectivity index (χ0) is 21.4. The number of ether oxygens (including phenoxy) is 1. The summed E-state index contributed by atoms with van der Waals surface area (Å²) >= 11 is 1.99. The van der Waals surface area contributed by atoms with Crippen molar-refractivity contribution in [2.45, 2.75) is 39.2 Å². The molecule has 28 heavy (non-hydrogen) atoms. The Morgan fingerprint density at radius 3 is 2.25 bits per heavy atom. The van der Waals surface area contributed by atoms with E-state index in [0.29, 0.717) is 11.6 Å². The standard InChI is InChI=1S/C16H8F4INOS.2C2H6/c17-11-2-3-12(13(18)7-11)15(9-23-15)16(19,20)14-4-1-10(8-22-14)5-6-24-21;2*1-2/h1-4,7-8H,9H2;2*1-2H3. The van der Waals surface area contributed by atoms with Crippen LogP contribution in [0.25, 0.3) is 0 Å². The maximum absolute atomic E-state index is 14.9. The van der Waals surface area contributed by atoms with Gasteiger partial charge in [0.15, 0.2) is 5.60 Å². The molecule has 2 heterocycles. The van der Waals surface area contributed by atoms with Gasteiger partial charge in [0, 0.05) is 44.6 Å². The smallest absolute Gasteiger partial charge is 0.324 e. The van der Waals surface area contributed by atoms with Gasteiger partial charge in [0.2, 0.25) is 0 Å². The van der Waals surface area contributed by atoms with Crippen LogP contribution in [-0.2, 0) is 16.3 Å². The van der Waals surface area contributed by atoms with E-state index in [4.69, 9.17) is 4.74 Å². The van der Waals surface area contributed by atoms with Crippen molar-refractivity contribution in [1.29, 1.82) is 0 Å². The number of nitrogens with zero attached hydrogens (tertiary/aromatic N) is 1. The van der Waals surface area contributed by atoms with Crippen molar-refractivity contribution < 1.29 is 22.3 Å². The van der Waals surface area contributed by atoms with Gasteiger partial charge in [0.05, 0.1) is 6.61 Å². The van der Waals surface area contributed by atoms with Crippen LogP contribution in [0.3, 0.4) is 0 Å². The average Bonchev–Trinajstić information content (AvgIpc) is 3.52. The number of rotatable bonds is 3. The predicted molar refractivity (Wildman–Crippen MR) is 113 cm³/mol. The SMILES string of the molecule is CC.CC.Fc1ccc(C2(C(F)(F)c3ccc(C#CSI)cn3)CO2)c(F)c1. The topological polar surface area (TPSA) is 25.4 Å². The fraction of sp³-hybridized carbons (Fsp3) is 0.350. The lowest BCUT2D eigenvalue weighted by atomic mass is 9.90. The molecule has 0 bridgehead atoms. The Kier molecular flexibility index (Phi) is 9.74. The quantitative estimate of drug-likeness (QED) is 0.190. The van der Waals surface area contributed by atoms with E-state index in [1.165, 1.54) is 21.2 Å². The maximum Gasteiger partial charge on any atom is 0.324 e. The van der Waals surface area contributed by atoms with Crippen molar-refractivity contribution in [2.75, 3.05) is 6.61 Å². The van der Waals surface area contributed by atoms with Crippen LogP contribution in [0.4, 0.5) is 17.6 Å². The number of hydrogen-bond acceptors (Lipinski definition) is 3. The van der Waals surface area contributed by atoms with Crippen LogP contribution in [0.1, 0.15) is 44.5 Å². The Morgan fingerprint density at radius 2 is 1.79 bits per heavy atom. The molecule has 1 aliphatic rings. The Balaban J connectivity index is 0.000000921. The third-order valence-electron chi connectivity index (χ3n) is 3.63. The Labute approximate surface area is 179 Å². The number of benzene rings is 1. The molecule has 2 aromatic rings. The first-order chi connectivity index (χ1) is 13.4. The molecule has 0 aliphatic carbocycles. The Morgan fingerprint density at radius 1 is 1.14 bits per heavy atom. The fourth-order valence-electron chi connectivity index (χ4n) is 2.33. The molecule has 0 spiro atoms. The lowest BCUT2D eigenvalue weighted by Crippen LogP contribution is -2.34. The highest BCUT2D eigenvalue weighted by molar-refractivity contribution is 14.2. The maximum atomic E-state index is 14.9. The lowest BCUT2D eigenvalue weighted by molar-refractivity contribution is -0.0901. The van der Waals surface area contributed by atoms with Crippen molar-refractivity contribution in [3.8, 4) is 11.2 Å². The minimum absolute atomic E-state index is 0.378. The molecule has 0 N–H and O–H groups in total. The van der Waals surface area contributed by atoms with E-state index >= 15 is 0 Å². The molecule has 1 saturated heterocycles. The molecular formula is C20H20F4INOS. The highest BCUT2D eigenvalue weighted by atomic mass is 127. The minimum atomic E-state index is -3.57. The molecule has 1 aliphatic heterocycles. The van der Waals surface area contributed by atoms with Crippen molar-refractivity contribution in [3.05, 3.63) is 65.0 Å². The summed E-state index contributed by atoms with van der Waals surface area (Å²) in [6, 6.07) is 5.00. The van der Waals surface area contributed by atoms with E-state index < -0.39 is 28.9 Å². The summed E-state index contributed by atoms with van der Waals surface area (Å²) < 4.78 is 61.6. The molecule has 0 saturated carbocycles. The average molecular weight is 525 g/mol. The van der Waals surface area contributed by atoms with Crippen LogP contribution in [-0.4, -0.2) is 11.6 Å². The Hall–Kier alpha value is -1.31. The van der Waals surface area contributed by atoms with Crippen molar-refractivity contribution in [3.63, 3.8) is 0 Å². The number of epoxide rings is 1. The van der Waals surface area contributed by atoms with Gasteiger partial charge in [0.1, 0.15) is 17.3 Å². The van der Waals surface area contributed by atoms with E-state index in [1.54, 1.807) is 0 Å². The molecule has 3 rings (SSSR count). The first kappa shape index (κ1) is 24.7. The monoisotopic (exact) mass is 525 g/mol. The molecule has 1 fully saturated rings. The van der Waals surface area contributed by atoms with Crippen molar-refractivity contribution in [2.24, 2.45) is 0 Å². The second kappa shape index (κ2) is 11.0. The second-order valence-electron chi connectivity index (χ2n) is 5.05. The van der Waals surface area contributed by atoms with Gasteiger partial charge in [-0.2, -0.15) is 8.78 Å². The second-order valence-corrected chi connectivity index (χ2v) is 6.73. The van der Waals surface area contributed by atoms with E-state index in [0.717, 1.165) is 18.2 Å². The Bertz CT molecular complexity index is 830. The molecule has 1 atom stereocenters. The van der Waals surface area contributed by atoms with Gasteiger partial charge in [-0.25, -0.2) is 8.78 Å². The van der Waals surface area contributed by atoms with Crippen molar-refractivity contribution >= 4 is 30.1 Å². The number of aromatic nitrogens is 1. The number of halogens is 5. The normalized spacial score (nSPS) is 17.2. The summed E-state index contributed by atoms with van der Waals surface area (Å²) in [5, 5.41) is 2.72. The van der Waals surface area contributed by atoms with Gasteiger partial charge in [-0.3, -0.25) is 4.98 Å². The van der Waals surface area contributed by atoms with Gasteiger partial charge in [-0.15, -0.1) is 0 Å². The first-order valence-corrected chi connectivity index (χ1v) is 12.0. The summed E-state index contributed by atoms with van der Waals surface area (Å²) in [6.45, 7) is 7.62. The zero-order valence-corrected chi connectivity index (χ0v) is 18.8. The summed E-state index contributed by atoms with van der Waals surface area (Å²) in [7, 11) is 1.26. The molecule has 8 heteroatoms. The van der Waals surface area contributed by atoms with Crippen LogP contribution in [0.15, 0.2) is 36.5 Å².